The van der Waals surface area contributed by atoms with E-state index in [1.807, 2.05) is 6.92 Å². The third kappa shape index (κ3) is 3.36. The molecule has 16 heavy (non-hydrogen) atoms. The summed E-state index contributed by atoms with van der Waals surface area (Å²) >= 11 is 0. The quantitative estimate of drug-likeness (QED) is 0.804. The van der Waals surface area contributed by atoms with Gasteiger partial charge < -0.3 is 19.0 Å². The highest BCUT2D eigenvalue weighted by Gasteiger charge is 2.14. The average molecular weight is 228 g/mol. The highest BCUT2D eigenvalue weighted by molar-refractivity contribution is 5.88. The number of hydrogen-bond acceptors (Lipinski definition) is 4. The Kier molecular flexibility index (Phi) is 4.52. The van der Waals surface area contributed by atoms with E-state index in [-0.39, 0.29) is 18.3 Å². The van der Waals surface area contributed by atoms with E-state index in [2.05, 4.69) is 0 Å². The Labute approximate surface area is 94.0 Å². The van der Waals surface area contributed by atoms with Crippen LogP contribution in [-0.2, 0) is 16.1 Å². The predicted octanol–water partition coefficient (Wildman–Crippen LogP) is 1.84. The summed E-state index contributed by atoms with van der Waals surface area (Å²) in [6.07, 6.45) is -0.0521. The Balaban J connectivity index is 2.55. The van der Waals surface area contributed by atoms with Crippen LogP contribution in [0.4, 0.5) is 0 Å². The van der Waals surface area contributed by atoms with E-state index < -0.39 is 5.97 Å². The van der Waals surface area contributed by atoms with Crippen molar-refractivity contribution in [3.05, 3.63) is 23.2 Å². The predicted molar refractivity (Wildman–Crippen MR) is 56.5 cm³/mol. The number of rotatable bonds is 6. The van der Waals surface area contributed by atoms with Crippen molar-refractivity contribution in [3.8, 4) is 0 Å². The van der Waals surface area contributed by atoms with E-state index >= 15 is 0 Å². The van der Waals surface area contributed by atoms with Crippen LogP contribution < -0.4 is 0 Å². The number of aromatic carboxylic acids is 1. The number of carboxylic acid groups (broad SMARTS) is 1. The average Bonchev–Trinajstić information content (AvgIpc) is 2.57. The third-order valence-electron chi connectivity index (χ3n) is 2.11. The Morgan fingerprint density at radius 2 is 2.31 bits per heavy atom. The molecule has 0 spiro atoms. The van der Waals surface area contributed by atoms with Crippen LogP contribution in [0.5, 0.6) is 0 Å². The van der Waals surface area contributed by atoms with Gasteiger partial charge in [-0.3, -0.25) is 0 Å². The number of carboxylic acids is 1. The second-order valence-corrected chi connectivity index (χ2v) is 3.56. The highest BCUT2D eigenvalue weighted by atomic mass is 16.5. The maximum atomic E-state index is 10.8. The number of methoxy groups -OCH3 is 1. The summed E-state index contributed by atoms with van der Waals surface area (Å²) in [5.41, 5.74) is 0.179. The standard InChI is InChI=1S/C11H16O5/c1-7(5-14-3)15-6-9-4-10(11(12)13)8(2)16-9/h4,7H,5-6H2,1-3H3,(H,12,13). The van der Waals surface area contributed by atoms with Crippen LogP contribution in [0.1, 0.15) is 28.8 Å². The van der Waals surface area contributed by atoms with E-state index in [9.17, 15) is 4.79 Å². The Bertz CT molecular complexity index is 355. The molecule has 0 aliphatic heterocycles. The van der Waals surface area contributed by atoms with Crippen molar-refractivity contribution < 1.29 is 23.8 Å². The van der Waals surface area contributed by atoms with Gasteiger partial charge in [0, 0.05) is 7.11 Å². The molecular formula is C11H16O5. The zero-order valence-corrected chi connectivity index (χ0v) is 9.65. The first-order chi connectivity index (χ1) is 7.54. The van der Waals surface area contributed by atoms with Crippen molar-refractivity contribution >= 4 is 5.97 Å². The number of hydrogen-bond donors (Lipinski definition) is 1. The Hall–Kier alpha value is -1.33. The lowest BCUT2D eigenvalue weighted by Gasteiger charge is -2.09. The van der Waals surface area contributed by atoms with E-state index in [4.69, 9.17) is 19.0 Å². The number of aryl methyl sites for hydroxylation is 1. The zero-order chi connectivity index (χ0) is 12.1. The van der Waals surface area contributed by atoms with Gasteiger partial charge in [-0.25, -0.2) is 4.79 Å². The first kappa shape index (κ1) is 12.7. The van der Waals surface area contributed by atoms with Gasteiger partial charge >= 0.3 is 5.97 Å². The van der Waals surface area contributed by atoms with Gasteiger partial charge in [0.15, 0.2) is 0 Å². The normalized spacial score (nSPS) is 12.7. The SMILES string of the molecule is COCC(C)OCc1cc(C(=O)O)c(C)o1. The van der Waals surface area contributed by atoms with E-state index in [1.165, 1.54) is 6.07 Å². The lowest BCUT2D eigenvalue weighted by molar-refractivity contribution is -0.00654. The largest absolute Gasteiger partial charge is 0.478 e. The molecule has 0 fully saturated rings. The second-order valence-electron chi connectivity index (χ2n) is 3.56. The fourth-order valence-electron chi connectivity index (χ4n) is 1.33. The summed E-state index contributed by atoms with van der Waals surface area (Å²) in [5.74, 6) is -0.0826. The van der Waals surface area contributed by atoms with Gasteiger partial charge in [0.25, 0.3) is 0 Å². The molecule has 90 valence electrons. The maximum Gasteiger partial charge on any atom is 0.339 e. The van der Waals surface area contributed by atoms with Crippen molar-refractivity contribution in [1.82, 2.24) is 0 Å². The zero-order valence-electron chi connectivity index (χ0n) is 9.65. The fraction of sp³-hybridized carbons (Fsp3) is 0.545. The third-order valence-corrected chi connectivity index (χ3v) is 2.11. The molecule has 0 aliphatic carbocycles. The van der Waals surface area contributed by atoms with Gasteiger partial charge in [-0.05, 0) is 19.9 Å². The lowest BCUT2D eigenvalue weighted by atomic mass is 10.2. The van der Waals surface area contributed by atoms with Gasteiger partial charge in [0.1, 0.15) is 23.7 Å². The summed E-state index contributed by atoms with van der Waals surface area (Å²) in [6, 6.07) is 1.48. The first-order valence-corrected chi connectivity index (χ1v) is 4.97. The summed E-state index contributed by atoms with van der Waals surface area (Å²) in [4.78, 5) is 10.8. The maximum absolute atomic E-state index is 10.8. The molecule has 1 atom stereocenters. The van der Waals surface area contributed by atoms with Gasteiger partial charge in [-0.15, -0.1) is 0 Å². The second kappa shape index (κ2) is 5.67. The van der Waals surface area contributed by atoms with Crippen LogP contribution in [0, 0.1) is 6.92 Å². The van der Waals surface area contributed by atoms with Crippen LogP contribution in [0.2, 0.25) is 0 Å². The monoisotopic (exact) mass is 228 g/mol. The molecule has 1 rings (SSSR count). The molecule has 1 aromatic heterocycles. The van der Waals surface area contributed by atoms with Crippen molar-refractivity contribution in [1.29, 1.82) is 0 Å². The molecule has 0 bridgehead atoms. The first-order valence-electron chi connectivity index (χ1n) is 4.97. The van der Waals surface area contributed by atoms with Gasteiger partial charge in [-0.2, -0.15) is 0 Å². The molecule has 0 aromatic carbocycles. The molecule has 0 radical (unpaired) electrons. The van der Waals surface area contributed by atoms with Crippen LogP contribution in [0.15, 0.2) is 10.5 Å². The molecule has 1 aromatic rings. The van der Waals surface area contributed by atoms with Gasteiger partial charge in [-0.1, -0.05) is 0 Å². The van der Waals surface area contributed by atoms with Crippen molar-refractivity contribution in [3.63, 3.8) is 0 Å². The smallest absolute Gasteiger partial charge is 0.339 e. The fourth-order valence-corrected chi connectivity index (χ4v) is 1.33. The molecule has 1 heterocycles. The molecular weight excluding hydrogens is 212 g/mol. The number of ether oxygens (including phenoxy) is 2. The molecule has 0 saturated carbocycles. The summed E-state index contributed by atoms with van der Waals surface area (Å²) in [5, 5.41) is 8.82. The molecule has 5 nitrogen and oxygen atoms in total. The minimum atomic E-state index is -0.988. The van der Waals surface area contributed by atoms with Gasteiger partial charge in [0.2, 0.25) is 0 Å². The molecule has 0 saturated heterocycles. The molecule has 0 amide bonds. The molecule has 1 unspecified atom stereocenters. The minimum Gasteiger partial charge on any atom is -0.478 e. The summed E-state index contributed by atoms with van der Waals surface area (Å²) < 4.78 is 15.6. The van der Waals surface area contributed by atoms with Crippen LogP contribution >= 0.6 is 0 Å². The van der Waals surface area contributed by atoms with E-state index in [0.29, 0.717) is 18.1 Å². The minimum absolute atomic E-state index is 0.0521. The van der Waals surface area contributed by atoms with Crippen molar-refractivity contribution in [2.75, 3.05) is 13.7 Å². The van der Waals surface area contributed by atoms with Crippen LogP contribution in [0.3, 0.4) is 0 Å². The van der Waals surface area contributed by atoms with Gasteiger partial charge in [0.05, 0.1) is 12.7 Å². The molecule has 1 N–H and O–H groups in total. The van der Waals surface area contributed by atoms with E-state index in [1.54, 1.807) is 14.0 Å². The van der Waals surface area contributed by atoms with Crippen LogP contribution in [-0.4, -0.2) is 30.9 Å². The lowest BCUT2D eigenvalue weighted by Crippen LogP contribution is -2.14. The molecule has 5 heteroatoms. The summed E-state index contributed by atoms with van der Waals surface area (Å²) in [6.45, 7) is 4.23. The van der Waals surface area contributed by atoms with Crippen molar-refractivity contribution in [2.45, 2.75) is 26.6 Å². The Morgan fingerprint density at radius 3 is 2.81 bits per heavy atom. The number of carbonyl (C=O) groups is 1. The van der Waals surface area contributed by atoms with E-state index in [0.717, 1.165) is 0 Å². The highest BCUT2D eigenvalue weighted by Crippen LogP contribution is 2.15. The topological polar surface area (TPSA) is 68.9 Å². The van der Waals surface area contributed by atoms with Crippen molar-refractivity contribution in [2.24, 2.45) is 0 Å². The Morgan fingerprint density at radius 1 is 1.62 bits per heavy atom. The van der Waals surface area contributed by atoms with Crippen LogP contribution in [0.25, 0.3) is 0 Å². The summed E-state index contributed by atoms with van der Waals surface area (Å²) in [7, 11) is 1.60. The number of furan rings is 1. The molecule has 0 aliphatic rings.